The van der Waals surface area contributed by atoms with E-state index in [0.29, 0.717) is 11.8 Å². The summed E-state index contributed by atoms with van der Waals surface area (Å²) < 4.78 is 0. The number of hydrogen-bond acceptors (Lipinski definition) is 3. The first-order valence-electron chi connectivity index (χ1n) is 6.30. The van der Waals surface area contributed by atoms with Crippen molar-refractivity contribution in [3.8, 4) is 0 Å². The van der Waals surface area contributed by atoms with Crippen LogP contribution in [0.15, 0.2) is 6.20 Å². The van der Waals surface area contributed by atoms with Crippen LogP contribution in [-0.2, 0) is 0 Å². The fourth-order valence-electron chi connectivity index (χ4n) is 2.52. The number of nitrogens with one attached hydrogen (secondary N) is 1. The highest BCUT2D eigenvalue weighted by Crippen LogP contribution is 2.32. The Labute approximate surface area is 108 Å². The first kappa shape index (κ1) is 12.6. The Morgan fingerprint density at radius 1 is 1.35 bits per heavy atom. The van der Waals surface area contributed by atoms with Gasteiger partial charge in [0.25, 0.3) is 0 Å². The minimum absolute atomic E-state index is 0.669. The molecule has 0 saturated heterocycles. The second-order valence-corrected chi connectivity index (χ2v) is 5.24. The molecule has 0 aromatic carbocycles. The van der Waals surface area contributed by atoms with E-state index in [0.717, 1.165) is 29.6 Å². The molecule has 0 spiro atoms. The number of anilines is 1. The third kappa shape index (κ3) is 3.09. The summed E-state index contributed by atoms with van der Waals surface area (Å²) in [5, 5.41) is 3.43. The number of hydrogen-bond donors (Lipinski definition) is 1. The highest BCUT2D eigenvalue weighted by molar-refractivity contribution is 6.18. The molecule has 2 atom stereocenters. The van der Waals surface area contributed by atoms with Crippen LogP contribution in [0.5, 0.6) is 0 Å². The van der Waals surface area contributed by atoms with Crippen molar-refractivity contribution in [3.05, 3.63) is 17.6 Å². The van der Waals surface area contributed by atoms with Gasteiger partial charge in [0.1, 0.15) is 5.82 Å². The summed E-state index contributed by atoms with van der Waals surface area (Å²) in [5.74, 6) is 3.06. The van der Waals surface area contributed by atoms with E-state index in [2.05, 4.69) is 15.3 Å². The van der Waals surface area contributed by atoms with E-state index in [9.17, 15) is 0 Å². The minimum atomic E-state index is 0.669. The second kappa shape index (κ2) is 5.67. The Kier molecular flexibility index (Phi) is 4.21. The van der Waals surface area contributed by atoms with Crippen LogP contribution in [0.25, 0.3) is 0 Å². The zero-order valence-electron chi connectivity index (χ0n) is 10.5. The van der Waals surface area contributed by atoms with Crippen LogP contribution in [-0.4, -0.2) is 22.4 Å². The lowest BCUT2D eigenvalue weighted by Gasteiger charge is -2.18. The molecular weight excluding hydrogens is 234 g/mol. The maximum atomic E-state index is 5.99. The number of aromatic nitrogens is 2. The van der Waals surface area contributed by atoms with E-state index >= 15 is 0 Å². The molecule has 0 amide bonds. The van der Waals surface area contributed by atoms with Crippen molar-refractivity contribution in [2.24, 2.45) is 11.8 Å². The summed E-state index contributed by atoms with van der Waals surface area (Å²) in [5.41, 5.74) is 1.93. The summed E-state index contributed by atoms with van der Waals surface area (Å²) in [6.07, 6.45) is 5.66. The Morgan fingerprint density at radius 2 is 2.12 bits per heavy atom. The lowest BCUT2D eigenvalue weighted by molar-refractivity contribution is 0.444. The molecule has 0 bridgehead atoms. The molecule has 0 aliphatic heterocycles. The topological polar surface area (TPSA) is 37.8 Å². The lowest BCUT2D eigenvalue weighted by atomic mass is 9.98. The third-order valence-electron chi connectivity index (χ3n) is 3.62. The number of halogens is 1. The smallest absolute Gasteiger partial charge is 0.147 e. The fourth-order valence-corrected chi connectivity index (χ4v) is 2.92. The molecule has 2 rings (SSSR count). The molecule has 17 heavy (non-hydrogen) atoms. The molecule has 1 N–H and O–H groups in total. The van der Waals surface area contributed by atoms with Gasteiger partial charge >= 0.3 is 0 Å². The van der Waals surface area contributed by atoms with Gasteiger partial charge in [0.05, 0.1) is 11.4 Å². The number of nitrogens with zero attached hydrogens (tertiary/aromatic N) is 2. The van der Waals surface area contributed by atoms with Crippen LogP contribution >= 0.6 is 11.6 Å². The maximum absolute atomic E-state index is 5.99. The molecule has 4 heteroatoms. The van der Waals surface area contributed by atoms with E-state index in [1.165, 1.54) is 19.3 Å². The largest absolute Gasteiger partial charge is 0.368 e. The van der Waals surface area contributed by atoms with Crippen LogP contribution in [0, 0.1) is 25.7 Å². The highest BCUT2D eigenvalue weighted by Gasteiger charge is 2.26. The number of aryl methyl sites for hydroxylation is 2. The van der Waals surface area contributed by atoms with Crippen molar-refractivity contribution in [2.45, 2.75) is 33.1 Å². The first-order valence-corrected chi connectivity index (χ1v) is 6.84. The normalized spacial score (nSPS) is 23.9. The van der Waals surface area contributed by atoms with Crippen molar-refractivity contribution in [2.75, 3.05) is 17.7 Å². The van der Waals surface area contributed by atoms with Gasteiger partial charge in [-0.3, -0.25) is 4.98 Å². The molecule has 1 fully saturated rings. The Balaban J connectivity index is 1.95. The SMILES string of the molecule is Cc1cnc(C)c(NCC2CCCC2CCl)n1. The van der Waals surface area contributed by atoms with E-state index in [1.807, 2.05) is 13.8 Å². The predicted octanol–water partition coefficient (Wildman–Crippen LogP) is 3.16. The van der Waals surface area contributed by atoms with E-state index in [1.54, 1.807) is 6.20 Å². The van der Waals surface area contributed by atoms with Crippen molar-refractivity contribution in [1.82, 2.24) is 9.97 Å². The summed E-state index contributed by atoms with van der Waals surface area (Å²) in [4.78, 5) is 8.79. The lowest BCUT2D eigenvalue weighted by Crippen LogP contribution is -2.20. The van der Waals surface area contributed by atoms with Crippen molar-refractivity contribution < 1.29 is 0 Å². The van der Waals surface area contributed by atoms with Crippen LogP contribution in [0.3, 0.4) is 0 Å². The van der Waals surface area contributed by atoms with Crippen molar-refractivity contribution in [1.29, 1.82) is 0 Å². The molecule has 1 aromatic heterocycles. The molecule has 1 heterocycles. The zero-order chi connectivity index (χ0) is 12.3. The molecule has 1 saturated carbocycles. The van der Waals surface area contributed by atoms with Gasteiger partial charge < -0.3 is 5.32 Å². The average molecular weight is 254 g/mol. The minimum Gasteiger partial charge on any atom is -0.368 e. The van der Waals surface area contributed by atoms with Crippen molar-refractivity contribution >= 4 is 17.4 Å². The zero-order valence-corrected chi connectivity index (χ0v) is 11.3. The van der Waals surface area contributed by atoms with Crippen LogP contribution in [0.2, 0.25) is 0 Å². The first-order chi connectivity index (χ1) is 8.20. The number of alkyl halides is 1. The quantitative estimate of drug-likeness (QED) is 0.838. The monoisotopic (exact) mass is 253 g/mol. The van der Waals surface area contributed by atoms with Gasteiger partial charge in [-0.15, -0.1) is 11.6 Å². The summed E-state index contributed by atoms with van der Waals surface area (Å²) >= 11 is 5.99. The molecule has 3 nitrogen and oxygen atoms in total. The van der Waals surface area contributed by atoms with Gasteiger partial charge in [0, 0.05) is 18.6 Å². The third-order valence-corrected chi connectivity index (χ3v) is 4.02. The van der Waals surface area contributed by atoms with Gasteiger partial charge in [-0.05, 0) is 38.5 Å². The predicted molar refractivity (Wildman–Crippen MR) is 71.5 cm³/mol. The Hall–Kier alpha value is -0.830. The van der Waals surface area contributed by atoms with Crippen LogP contribution in [0.1, 0.15) is 30.7 Å². The van der Waals surface area contributed by atoms with E-state index < -0.39 is 0 Å². The number of rotatable bonds is 4. The maximum Gasteiger partial charge on any atom is 0.147 e. The summed E-state index contributed by atoms with van der Waals surface area (Å²) in [6, 6.07) is 0. The van der Waals surface area contributed by atoms with Gasteiger partial charge in [-0.2, -0.15) is 0 Å². The van der Waals surface area contributed by atoms with Crippen molar-refractivity contribution in [3.63, 3.8) is 0 Å². The molecule has 1 aromatic rings. The van der Waals surface area contributed by atoms with Gasteiger partial charge in [-0.1, -0.05) is 6.42 Å². The molecular formula is C13H20ClN3. The Morgan fingerprint density at radius 3 is 2.88 bits per heavy atom. The van der Waals surface area contributed by atoms with Gasteiger partial charge in [0.2, 0.25) is 0 Å². The average Bonchev–Trinajstić information content (AvgIpc) is 2.77. The molecule has 1 aliphatic carbocycles. The van der Waals surface area contributed by atoms with E-state index in [-0.39, 0.29) is 0 Å². The van der Waals surface area contributed by atoms with Gasteiger partial charge in [0.15, 0.2) is 0 Å². The molecule has 2 unspecified atom stereocenters. The highest BCUT2D eigenvalue weighted by atomic mass is 35.5. The second-order valence-electron chi connectivity index (χ2n) is 4.93. The molecule has 0 radical (unpaired) electrons. The summed E-state index contributed by atoms with van der Waals surface area (Å²) in [7, 11) is 0. The van der Waals surface area contributed by atoms with Crippen LogP contribution < -0.4 is 5.32 Å². The van der Waals surface area contributed by atoms with E-state index in [4.69, 9.17) is 11.6 Å². The Bertz CT molecular complexity index is 381. The van der Waals surface area contributed by atoms with Crippen LogP contribution in [0.4, 0.5) is 5.82 Å². The fraction of sp³-hybridized carbons (Fsp3) is 0.692. The molecule has 1 aliphatic rings. The standard InChI is InChI=1S/C13H20ClN3/c1-9-7-15-10(2)13(17-9)16-8-12-5-3-4-11(12)6-14/h7,11-12H,3-6,8H2,1-2H3,(H,16,17). The summed E-state index contributed by atoms with van der Waals surface area (Å²) in [6.45, 7) is 4.92. The molecule has 94 valence electrons. The van der Waals surface area contributed by atoms with Gasteiger partial charge in [-0.25, -0.2) is 4.98 Å².